The monoisotopic (exact) mass is 268 g/mol. The lowest BCUT2D eigenvalue weighted by Gasteiger charge is -2.12. The SMILES string of the molecule is CC(C)Sc1ccc(NCC(N)CC(=O)O)cc1. The summed E-state index contributed by atoms with van der Waals surface area (Å²) >= 11 is 1.81. The largest absolute Gasteiger partial charge is 0.481 e. The van der Waals surface area contributed by atoms with Gasteiger partial charge in [0, 0.05) is 28.4 Å². The molecule has 0 fully saturated rings. The maximum absolute atomic E-state index is 10.5. The molecule has 0 aromatic heterocycles. The van der Waals surface area contributed by atoms with E-state index in [1.54, 1.807) is 0 Å². The zero-order chi connectivity index (χ0) is 13.5. The van der Waals surface area contributed by atoms with Crippen LogP contribution in [-0.2, 0) is 4.79 Å². The second-order valence-corrected chi connectivity index (χ2v) is 6.08. The molecule has 4 nitrogen and oxygen atoms in total. The lowest BCUT2D eigenvalue weighted by atomic mass is 10.2. The minimum atomic E-state index is -0.868. The van der Waals surface area contributed by atoms with Gasteiger partial charge < -0.3 is 16.2 Å². The molecule has 1 atom stereocenters. The summed E-state index contributed by atoms with van der Waals surface area (Å²) in [4.78, 5) is 11.7. The van der Waals surface area contributed by atoms with Crippen LogP contribution in [0.15, 0.2) is 29.2 Å². The van der Waals surface area contributed by atoms with Gasteiger partial charge in [0.1, 0.15) is 0 Å². The molecule has 0 aliphatic heterocycles. The Labute approximate surface area is 112 Å². The number of carboxylic acid groups (broad SMARTS) is 1. The number of benzene rings is 1. The molecular formula is C13H20N2O2S. The lowest BCUT2D eigenvalue weighted by molar-refractivity contribution is -0.137. The van der Waals surface area contributed by atoms with E-state index in [1.165, 1.54) is 4.90 Å². The number of hydrogen-bond acceptors (Lipinski definition) is 4. The molecule has 0 saturated heterocycles. The van der Waals surface area contributed by atoms with Crippen molar-refractivity contribution < 1.29 is 9.90 Å². The van der Waals surface area contributed by atoms with E-state index in [-0.39, 0.29) is 12.5 Å². The van der Waals surface area contributed by atoms with Crippen molar-refractivity contribution in [3.8, 4) is 0 Å². The van der Waals surface area contributed by atoms with Gasteiger partial charge in [0.25, 0.3) is 0 Å². The van der Waals surface area contributed by atoms with Gasteiger partial charge in [-0.15, -0.1) is 11.8 Å². The molecular weight excluding hydrogens is 248 g/mol. The van der Waals surface area contributed by atoms with Gasteiger partial charge in [-0.2, -0.15) is 0 Å². The molecule has 0 radical (unpaired) electrons. The van der Waals surface area contributed by atoms with Gasteiger partial charge in [-0.3, -0.25) is 4.79 Å². The van der Waals surface area contributed by atoms with Crippen molar-refractivity contribution in [1.82, 2.24) is 0 Å². The Morgan fingerprint density at radius 2 is 2.00 bits per heavy atom. The van der Waals surface area contributed by atoms with Crippen molar-refractivity contribution in [2.75, 3.05) is 11.9 Å². The van der Waals surface area contributed by atoms with Crippen LogP contribution in [0.3, 0.4) is 0 Å². The van der Waals surface area contributed by atoms with Crippen molar-refractivity contribution in [3.63, 3.8) is 0 Å². The van der Waals surface area contributed by atoms with Crippen molar-refractivity contribution in [3.05, 3.63) is 24.3 Å². The second-order valence-electron chi connectivity index (χ2n) is 4.43. The highest BCUT2D eigenvalue weighted by Crippen LogP contribution is 2.24. The minimum Gasteiger partial charge on any atom is -0.481 e. The molecule has 0 aliphatic rings. The molecule has 0 amide bonds. The van der Waals surface area contributed by atoms with E-state index >= 15 is 0 Å². The molecule has 0 spiro atoms. The van der Waals surface area contributed by atoms with E-state index in [4.69, 9.17) is 10.8 Å². The first-order valence-electron chi connectivity index (χ1n) is 5.95. The van der Waals surface area contributed by atoms with Gasteiger partial charge in [0.05, 0.1) is 6.42 Å². The van der Waals surface area contributed by atoms with E-state index in [1.807, 2.05) is 23.9 Å². The van der Waals surface area contributed by atoms with Crippen molar-refractivity contribution >= 4 is 23.4 Å². The molecule has 0 saturated carbocycles. The van der Waals surface area contributed by atoms with E-state index in [2.05, 4.69) is 31.3 Å². The quantitative estimate of drug-likeness (QED) is 0.662. The van der Waals surface area contributed by atoms with Gasteiger partial charge >= 0.3 is 5.97 Å². The highest BCUT2D eigenvalue weighted by Gasteiger charge is 2.07. The fourth-order valence-corrected chi connectivity index (χ4v) is 2.31. The summed E-state index contributed by atoms with van der Waals surface area (Å²) in [5, 5.41) is 12.3. The zero-order valence-corrected chi connectivity index (χ0v) is 11.5. The minimum absolute atomic E-state index is 0.0196. The Hall–Kier alpha value is -1.20. The number of aliphatic carboxylic acids is 1. The fraction of sp³-hybridized carbons (Fsp3) is 0.462. The van der Waals surface area contributed by atoms with Crippen LogP contribution in [0.4, 0.5) is 5.69 Å². The van der Waals surface area contributed by atoms with Crippen LogP contribution in [0.25, 0.3) is 0 Å². The number of anilines is 1. The number of hydrogen-bond donors (Lipinski definition) is 3. The normalized spacial score (nSPS) is 12.4. The van der Waals surface area contributed by atoms with Crippen molar-refractivity contribution in [2.24, 2.45) is 5.73 Å². The molecule has 1 aromatic carbocycles. The van der Waals surface area contributed by atoms with Gasteiger partial charge in [-0.1, -0.05) is 13.8 Å². The van der Waals surface area contributed by atoms with Crippen LogP contribution in [0.1, 0.15) is 20.3 Å². The Bertz CT molecular complexity index is 379. The average molecular weight is 268 g/mol. The summed E-state index contributed by atoms with van der Waals surface area (Å²) in [6.07, 6.45) is -0.0196. The fourth-order valence-electron chi connectivity index (χ4n) is 1.47. The van der Waals surface area contributed by atoms with E-state index < -0.39 is 5.97 Å². The third-order valence-electron chi connectivity index (χ3n) is 2.23. The average Bonchev–Trinajstić information content (AvgIpc) is 2.26. The molecule has 0 heterocycles. The number of nitrogens with one attached hydrogen (secondary N) is 1. The molecule has 100 valence electrons. The molecule has 4 N–H and O–H groups in total. The summed E-state index contributed by atoms with van der Waals surface area (Å²) < 4.78 is 0. The first-order valence-corrected chi connectivity index (χ1v) is 6.83. The van der Waals surface area contributed by atoms with Gasteiger partial charge in [-0.25, -0.2) is 0 Å². The Kier molecular flexibility index (Phi) is 6.01. The number of carbonyl (C=O) groups is 1. The first kappa shape index (κ1) is 14.9. The van der Waals surface area contributed by atoms with E-state index in [0.29, 0.717) is 11.8 Å². The predicted octanol–water partition coefficient (Wildman–Crippen LogP) is 2.40. The standard InChI is InChI=1S/C13H20N2O2S/c1-9(2)18-12-5-3-11(4-6-12)15-8-10(14)7-13(16)17/h3-6,9-10,15H,7-8,14H2,1-2H3,(H,16,17). The lowest BCUT2D eigenvalue weighted by Crippen LogP contribution is -2.31. The molecule has 18 heavy (non-hydrogen) atoms. The van der Waals surface area contributed by atoms with Crippen molar-refractivity contribution in [1.29, 1.82) is 0 Å². The number of nitrogens with two attached hydrogens (primary N) is 1. The van der Waals surface area contributed by atoms with Gasteiger partial charge in [-0.05, 0) is 24.3 Å². The highest BCUT2D eigenvalue weighted by atomic mass is 32.2. The third-order valence-corrected chi connectivity index (χ3v) is 3.25. The molecule has 1 aromatic rings. The maximum atomic E-state index is 10.5. The Balaban J connectivity index is 2.41. The van der Waals surface area contributed by atoms with Gasteiger partial charge in [0.2, 0.25) is 0 Å². The molecule has 5 heteroatoms. The molecule has 0 aliphatic carbocycles. The first-order chi connectivity index (χ1) is 8.47. The summed E-state index contributed by atoms with van der Waals surface area (Å²) in [5.41, 5.74) is 6.63. The van der Waals surface area contributed by atoms with Crippen molar-refractivity contribution in [2.45, 2.75) is 36.5 Å². The smallest absolute Gasteiger partial charge is 0.304 e. The van der Waals surface area contributed by atoms with Gasteiger partial charge in [0.15, 0.2) is 0 Å². The predicted molar refractivity (Wildman–Crippen MR) is 76.2 cm³/mol. The summed E-state index contributed by atoms with van der Waals surface area (Å²) in [5.74, 6) is -0.868. The number of rotatable bonds is 7. The highest BCUT2D eigenvalue weighted by molar-refractivity contribution is 7.99. The number of thioether (sulfide) groups is 1. The van der Waals surface area contributed by atoms with Crippen LogP contribution in [0.2, 0.25) is 0 Å². The third kappa shape index (κ3) is 5.93. The number of carboxylic acids is 1. The van der Waals surface area contributed by atoms with Crippen LogP contribution in [0.5, 0.6) is 0 Å². The van der Waals surface area contributed by atoms with Crippen LogP contribution >= 0.6 is 11.8 Å². The zero-order valence-electron chi connectivity index (χ0n) is 10.7. The van der Waals surface area contributed by atoms with Crippen LogP contribution < -0.4 is 11.1 Å². The Morgan fingerprint density at radius 1 is 1.39 bits per heavy atom. The maximum Gasteiger partial charge on any atom is 0.304 e. The Morgan fingerprint density at radius 3 is 2.50 bits per heavy atom. The molecule has 1 unspecified atom stereocenters. The molecule has 0 bridgehead atoms. The topological polar surface area (TPSA) is 75.3 Å². The van der Waals surface area contributed by atoms with Crippen LogP contribution in [0, 0.1) is 0 Å². The van der Waals surface area contributed by atoms with Crippen LogP contribution in [-0.4, -0.2) is 28.9 Å². The summed E-state index contributed by atoms with van der Waals surface area (Å²) in [7, 11) is 0. The summed E-state index contributed by atoms with van der Waals surface area (Å²) in [6, 6.07) is 7.70. The summed E-state index contributed by atoms with van der Waals surface area (Å²) in [6.45, 7) is 4.77. The van der Waals surface area contributed by atoms with E-state index in [0.717, 1.165) is 5.69 Å². The molecule has 1 rings (SSSR count). The van der Waals surface area contributed by atoms with E-state index in [9.17, 15) is 4.79 Å². The second kappa shape index (κ2) is 7.28.